The second kappa shape index (κ2) is 9.92. The van der Waals surface area contributed by atoms with E-state index in [1.165, 1.54) is 0 Å². The van der Waals surface area contributed by atoms with Gasteiger partial charge in [0.2, 0.25) is 0 Å². The number of amides is 1. The average Bonchev–Trinajstić information content (AvgIpc) is 2.61. The number of halogens is 1. The fourth-order valence-electron chi connectivity index (χ4n) is 3.60. The number of hydrogen-bond donors (Lipinski definition) is 3. The summed E-state index contributed by atoms with van der Waals surface area (Å²) in [6.07, 6.45) is 2.50. The molecule has 0 aliphatic carbocycles. The molecule has 5 nitrogen and oxygen atoms in total. The molecule has 0 bridgehead atoms. The van der Waals surface area contributed by atoms with Gasteiger partial charge in [-0.05, 0) is 44.4 Å². The molecular formula is C20H32ClN3O2S. The number of rotatable bonds is 6. The van der Waals surface area contributed by atoms with Gasteiger partial charge in [0, 0.05) is 18.7 Å². The average molecular weight is 414 g/mol. The van der Waals surface area contributed by atoms with Gasteiger partial charge in [0.1, 0.15) is 6.04 Å². The van der Waals surface area contributed by atoms with Crippen LogP contribution in [0.3, 0.4) is 0 Å². The first kappa shape index (κ1) is 24.0. The van der Waals surface area contributed by atoms with Crippen LogP contribution in [0.4, 0.5) is 0 Å². The lowest BCUT2D eigenvalue weighted by atomic mass is 9.86. The summed E-state index contributed by atoms with van der Waals surface area (Å²) < 4.78 is 0. The summed E-state index contributed by atoms with van der Waals surface area (Å²) in [6, 6.07) is 4.96. The van der Waals surface area contributed by atoms with Crippen LogP contribution >= 0.6 is 25.0 Å². The molecule has 1 aliphatic heterocycles. The number of nitrogens with zero attached hydrogens (tertiary/aromatic N) is 1. The van der Waals surface area contributed by atoms with Crippen LogP contribution in [0.1, 0.15) is 54.6 Å². The lowest BCUT2D eigenvalue weighted by Crippen LogP contribution is -2.75. The van der Waals surface area contributed by atoms with Crippen molar-refractivity contribution < 1.29 is 9.59 Å². The van der Waals surface area contributed by atoms with Crippen molar-refractivity contribution in [1.82, 2.24) is 10.2 Å². The minimum absolute atomic E-state index is 0. The number of carbonyl (C=O) groups excluding carboxylic acids is 2. The van der Waals surface area contributed by atoms with E-state index in [4.69, 9.17) is 5.73 Å². The van der Waals surface area contributed by atoms with Crippen molar-refractivity contribution in [3.05, 3.63) is 34.9 Å². The lowest BCUT2D eigenvalue weighted by Gasteiger charge is -2.48. The molecule has 0 aromatic heterocycles. The maximum Gasteiger partial charge on any atom is 0.254 e. The van der Waals surface area contributed by atoms with E-state index in [1.54, 1.807) is 11.8 Å². The second-order valence-corrected chi connectivity index (χ2v) is 8.07. The Hall–Kier alpha value is -1.08. The van der Waals surface area contributed by atoms with Gasteiger partial charge in [0.25, 0.3) is 5.91 Å². The van der Waals surface area contributed by atoms with Crippen LogP contribution in [-0.2, 0) is 4.79 Å². The van der Waals surface area contributed by atoms with Gasteiger partial charge in [-0.2, -0.15) is 12.6 Å². The van der Waals surface area contributed by atoms with Crippen LogP contribution in [-0.4, -0.2) is 46.6 Å². The van der Waals surface area contributed by atoms with E-state index < -0.39 is 17.0 Å². The van der Waals surface area contributed by atoms with Crippen LogP contribution in [0.25, 0.3) is 0 Å². The summed E-state index contributed by atoms with van der Waals surface area (Å²) in [5.74, 6) is -0.246. The number of benzene rings is 1. The van der Waals surface area contributed by atoms with Gasteiger partial charge < -0.3 is 10.6 Å². The zero-order valence-corrected chi connectivity index (χ0v) is 18.3. The Labute approximate surface area is 174 Å². The van der Waals surface area contributed by atoms with E-state index in [0.717, 1.165) is 24.0 Å². The van der Waals surface area contributed by atoms with E-state index in [0.29, 0.717) is 25.1 Å². The quantitative estimate of drug-likeness (QED) is 0.627. The lowest BCUT2D eigenvalue weighted by molar-refractivity contribution is -0.127. The highest BCUT2D eigenvalue weighted by atomic mass is 35.5. The zero-order valence-electron chi connectivity index (χ0n) is 16.6. The number of thiol groups is 1. The van der Waals surface area contributed by atoms with E-state index >= 15 is 0 Å². The van der Waals surface area contributed by atoms with Crippen molar-refractivity contribution in [3.8, 4) is 0 Å². The van der Waals surface area contributed by atoms with Crippen LogP contribution in [0.15, 0.2) is 18.2 Å². The highest BCUT2D eigenvalue weighted by Crippen LogP contribution is 2.27. The third-order valence-corrected chi connectivity index (χ3v) is 5.58. The van der Waals surface area contributed by atoms with Crippen LogP contribution in [0.5, 0.6) is 0 Å². The number of nitrogens with two attached hydrogens (primary N) is 1. The maximum atomic E-state index is 13.3. The van der Waals surface area contributed by atoms with Crippen molar-refractivity contribution in [3.63, 3.8) is 0 Å². The minimum Gasteiger partial charge on any atom is -0.324 e. The Bertz CT molecular complexity index is 683. The molecule has 27 heavy (non-hydrogen) atoms. The molecule has 1 heterocycles. The molecule has 3 atom stereocenters. The van der Waals surface area contributed by atoms with Gasteiger partial charge in [-0.15, -0.1) is 12.4 Å². The third-order valence-electron chi connectivity index (χ3n) is 5.33. The minimum atomic E-state index is -0.921. The molecule has 152 valence electrons. The molecule has 1 aromatic rings. The second-order valence-electron chi connectivity index (χ2n) is 7.30. The number of unbranched alkanes of at least 4 members (excludes halogenated alkanes) is 1. The molecule has 3 N–H and O–H groups in total. The molecule has 1 aliphatic rings. The molecule has 2 rings (SSSR count). The smallest absolute Gasteiger partial charge is 0.254 e. The van der Waals surface area contributed by atoms with E-state index in [9.17, 15) is 9.59 Å². The Balaban J connectivity index is 0.00000364. The molecule has 1 amide bonds. The Kier molecular flexibility index (Phi) is 8.80. The number of Topliss-reactive ketones (excluding diaryl/α,β-unsaturated/α-hetero) is 1. The third kappa shape index (κ3) is 5.05. The van der Waals surface area contributed by atoms with E-state index in [-0.39, 0.29) is 24.1 Å². The Morgan fingerprint density at radius 3 is 2.67 bits per heavy atom. The fraction of sp³-hybridized carbons (Fsp3) is 0.600. The molecular weight excluding hydrogens is 382 g/mol. The van der Waals surface area contributed by atoms with Crippen molar-refractivity contribution in [2.75, 3.05) is 13.1 Å². The van der Waals surface area contributed by atoms with Gasteiger partial charge in [0.15, 0.2) is 5.78 Å². The standard InChI is InChI=1S/C20H31N3O2S.ClH/c1-5-6-10-20(21)18(17(24)15(4)26)23(12-11-22-20)19(25)16-9-7-8-13(2)14(16)3;/h7-9,15,18,22,26H,5-6,10-12,21H2,1-4H3;1H. The van der Waals surface area contributed by atoms with Gasteiger partial charge in [-0.1, -0.05) is 31.9 Å². The van der Waals surface area contributed by atoms with Gasteiger partial charge in [-0.3, -0.25) is 14.9 Å². The summed E-state index contributed by atoms with van der Waals surface area (Å²) in [6.45, 7) is 8.77. The first-order valence-electron chi connectivity index (χ1n) is 9.35. The monoisotopic (exact) mass is 413 g/mol. The normalized spacial score (nSPS) is 23.5. The first-order chi connectivity index (χ1) is 12.2. The van der Waals surface area contributed by atoms with Gasteiger partial charge in [-0.25, -0.2) is 0 Å². The molecule has 3 unspecified atom stereocenters. The largest absolute Gasteiger partial charge is 0.324 e. The first-order valence-corrected chi connectivity index (χ1v) is 9.87. The predicted molar refractivity (Wildman–Crippen MR) is 116 cm³/mol. The summed E-state index contributed by atoms with van der Waals surface area (Å²) in [4.78, 5) is 28.0. The molecule has 0 radical (unpaired) electrons. The Morgan fingerprint density at radius 1 is 1.41 bits per heavy atom. The van der Waals surface area contributed by atoms with Crippen LogP contribution in [0.2, 0.25) is 0 Å². The number of ketones is 1. The van der Waals surface area contributed by atoms with Gasteiger partial charge >= 0.3 is 0 Å². The number of aryl methyl sites for hydroxylation is 1. The topological polar surface area (TPSA) is 75.4 Å². The summed E-state index contributed by atoms with van der Waals surface area (Å²) >= 11 is 4.33. The van der Waals surface area contributed by atoms with E-state index in [1.807, 2.05) is 32.0 Å². The summed E-state index contributed by atoms with van der Waals surface area (Å²) in [7, 11) is 0. The van der Waals surface area contributed by atoms with Crippen LogP contribution < -0.4 is 11.1 Å². The summed E-state index contributed by atoms with van der Waals surface area (Å²) in [5, 5.41) is 2.82. The SMILES string of the molecule is CCCCC1(N)NCCN(C(=O)c2cccc(C)c2C)C1C(=O)C(C)S.Cl. The van der Waals surface area contributed by atoms with Crippen molar-refractivity contribution in [2.45, 2.75) is 63.9 Å². The number of carbonyl (C=O) groups is 2. The maximum absolute atomic E-state index is 13.3. The molecule has 1 saturated heterocycles. The van der Waals surface area contributed by atoms with Crippen molar-refractivity contribution in [1.29, 1.82) is 0 Å². The molecule has 1 aromatic carbocycles. The molecule has 0 spiro atoms. The molecule has 7 heteroatoms. The van der Waals surface area contributed by atoms with Crippen LogP contribution in [0, 0.1) is 13.8 Å². The fourth-order valence-corrected chi connectivity index (χ4v) is 3.74. The highest BCUT2D eigenvalue weighted by molar-refractivity contribution is 7.81. The van der Waals surface area contributed by atoms with Gasteiger partial charge in [0.05, 0.1) is 10.9 Å². The van der Waals surface area contributed by atoms with Crippen molar-refractivity contribution in [2.24, 2.45) is 5.73 Å². The summed E-state index contributed by atoms with van der Waals surface area (Å²) in [5.41, 5.74) is 8.35. The Morgan fingerprint density at radius 2 is 2.07 bits per heavy atom. The number of hydrogen-bond acceptors (Lipinski definition) is 5. The highest BCUT2D eigenvalue weighted by Gasteiger charge is 2.48. The number of nitrogens with one attached hydrogen (secondary N) is 1. The number of piperazine rings is 1. The van der Waals surface area contributed by atoms with E-state index in [2.05, 4.69) is 24.9 Å². The van der Waals surface area contributed by atoms with Crippen molar-refractivity contribution >= 4 is 36.7 Å². The predicted octanol–water partition coefficient (Wildman–Crippen LogP) is 2.87. The molecule has 1 fully saturated rings. The zero-order chi connectivity index (χ0) is 19.5. The molecule has 0 saturated carbocycles.